The quantitative estimate of drug-likeness (QED) is 0.701. The van der Waals surface area contributed by atoms with E-state index in [2.05, 4.69) is 11.9 Å². The molecule has 2 N–H and O–H groups in total. The smallest absolute Gasteiger partial charge is 0.180 e. The number of nitrogen functional groups attached to an aromatic ring is 1. The van der Waals surface area contributed by atoms with Gasteiger partial charge in [0.05, 0.1) is 0 Å². The Morgan fingerprint density at radius 3 is 2.57 bits per heavy atom. The Bertz CT molecular complexity index is 245. The van der Waals surface area contributed by atoms with Crippen molar-refractivity contribution in [2.75, 3.05) is 5.73 Å². The first-order valence-electron chi connectivity index (χ1n) is 5.53. The topological polar surface area (TPSA) is 38.9 Å². The zero-order chi connectivity index (χ0) is 10.2. The van der Waals surface area contributed by atoms with Crippen LogP contribution < -0.4 is 5.73 Å². The third kappa shape index (κ3) is 4.61. The maximum atomic E-state index is 5.56. The lowest BCUT2D eigenvalue weighted by Gasteiger charge is -1.98. The summed E-state index contributed by atoms with van der Waals surface area (Å²) in [7, 11) is 0. The summed E-state index contributed by atoms with van der Waals surface area (Å²) in [5, 5.41) is 0.700. The number of nitrogens with two attached hydrogens (primary N) is 1. The summed E-state index contributed by atoms with van der Waals surface area (Å²) in [6.45, 7) is 2.25. The summed E-state index contributed by atoms with van der Waals surface area (Å²) >= 11 is 1.62. The molecule has 0 bridgehead atoms. The number of hydrogen-bond donors (Lipinski definition) is 1. The molecule has 0 radical (unpaired) electrons. The number of nitrogens with zero attached hydrogens (tertiary/aromatic N) is 1. The van der Waals surface area contributed by atoms with Crippen molar-refractivity contribution in [2.45, 2.75) is 51.9 Å². The van der Waals surface area contributed by atoms with Gasteiger partial charge in [-0.15, -0.1) is 11.3 Å². The third-order valence-electron chi connectivity index (χ3n) is 2.35. The van der Waals surface area contributed by atoms with E-state index in [0.717, 1.165) is 6.42 Å². The second kappa shape index (κ2) is 6.82. The van der Waals surface area contributed by atoms with Crippen LogP contribution in [0.1, 0.15) is 50.3 Å². The van der Waals surface area contributed by atoms with E-state index in [0.29, 0.717) is 5.13 Å². The monoisotopic (exact) mass is 212 g/mol. The minimum absolute atomic E-state index is 0.700. The molecule has 0 aliphatic rings. The normalized spacial score (nSPS) is 10.6. The SMILES string of the molecule is CCCCCCCCc1cnc(N)s1. The summed E-state index contributed by atoms with van der Waals surface area (Å²) in [6, 6.07) is 0. The van der Waals surface area contributed by atoms with Crippen LogP contribution in [-0.4, -0.2) is 4.98 Å². The lowest BCUT2D eigenvalue weighted by atomic mass is 10.1. The van der Waals surface area contributed by atoms with Crippen molar-refractivity contribution in [3.05, 3.63) is 11.1 Å². The molecule has 0 spiro atoms. The molecular weight excluding hydrogens is 192 g/mol. The van der Waals surface area contributed by atoms with Crippen LogP contribution in [0, 0.1) is 0 Å². The van der Waals surface area contributed by atoms with E-state index in [4.69, 9.17) is 5.73 Å². The van der Waals surface area contributed by atoms with E-state index in [-0.39, 0.29) is 0 Å². The second-order valence-corrected chi connectivity index (χ2v) is 4.83. The Kier molecular flexibility index (Phi) is 5.60. The molecule has 0 saturated carbocycles. The highest BCUT2D eigenvalue weighted by Gasteiger charge is 1.98. The summed E-state index contributed by atoms with van der Waals surface area (Å²) < 4.78 is 0. The van der Waals surface area contributed by atoms with E-state index in [1.807, 2.05) is 6.20 Å². The molecule has 0 aromatic carbocycles. The third-order valence-corrected chi connectivity index (χ3v) is 3.23. The van der Waals surface area contributed by atoms with Crippen LogP contribution in [0.3, 0.4) is 0 Å². The van der Waals surface area contributed by atoms with Gasteiger partial charge in [-0.2, -0.15) is 0 Å². The van der Waals surface area contributed by atoms with Crippen molar-refractivity contribution < 1.29 is 0 Å². The van der Waals surface area contributed by atoms with E-state index < -0.39 is 0 Å². The number of hydrogen-bond acceptors (Lipinski definition) is 3. The van der Waals surface area contributed by atoms with Gasteiger partial charge in [-0.25, -0.2) is 4.98 Å². The molecule has 1 rings (SSSR count). The minimum atomic E-state index is 0.700. The Morgan fingerprint density at radius 1 is 1.21 bits per heavy atom. The maximum Gasteiger partial charge on any atom is 0.180 e. The second-order valence-electron chi connectivity index (χ2n) is 3.68. The molecule has 1 aromatic rings. The fourth-order valence-corrected chi connectivity index (χ4v) is 2.24. The van der Waals surface area contributed by atoms with E-state index in [9.17, 15) is 0 Å². The van der Waals surface area contributed by atoms with Crippen LogP contribution in [0.25, 0.3) is 0 Å². The lowest BCUT2D eigenvalue weighted by molar-refractivity contribution is 0.609. The molecule has 0 atom stereocenters. The van der Waals surface area contributed by atoms with Gasteiger partial charge in [0.1, 0.15) is 0 Å². The first-order valence-corrected chi connectivity index (χ1v) is 6.34. The van der Waals surface area contributed by atoms with Gasteiger partial charge in [-0.3, -0.25) is 0 Å². The van der Waals surface area contributed by atoms with Crippen molar-refractivity contribution in [2.24, 2.45) is 0 Å². The Balaban J connectivity index is 1.99. The highest BCUT2D eigenvalue weighted by Crippen LogP contribution is 2.17. The Labute approximate surface area is 90.6 Å². The molecule has 2 nitrogen and oxygen atoms in total. The molecule has 1 heterocycles. The lowest BCUT2D eigenvalue weighted by Crippen LogP contribution is -1.82. The predicted octanol–water partition coefficient (Wildman–Crippen LogP) is 3.63. The average molecular weight is 212 g/mol. The van der Waals surface area contributed by atoms with Crippen LogP contribution in [0.2, 0.25) is 0 Å². The molecule has 1 aromatic heterocycles. The number of aryl methyl sites for hydroxylation is 1. The summed E-state index contributed by atoms with van der Waals surface area (Å²) in [4.78, 5) is 5.37. The summed E-state index contributed by atoms with van der Waals surface area (Å²) in [5.74, 6) is 0. The number of anilines is 1. The van der Waals surface area contributed by atoms with Gasteiger partial charge in [-0.1, -0.05) is 39.0 Å². The van der Waals surface area contributed by atoms with Crippen LogP contribution in [0.5, 0.6) is 0 Å². The molecule has 0 unspecified atom stereocenters. The molecular formula is C11H20N2S. The van der Waals surface area contributed by atoms with Crippen LogP contribution in [0.15, 0.2) is 6.20 Å². The van der Waals surface area contributed by atoms with Crippen molar-refractivity contribution in [3.63, 3.8) is 0 Å². The van der Waals surface area contributed by atoms with Crippen molar-refractivity contribution in [3.8, 4) is 0 Å². The van der Waals surface area contributed by atoms with Gasteiger partial charge in [0.2, 0.25) is 0 Å². The molecule has 0 aliphatic heterocycles. The van der Waals surface area contributed by atoms with Crippen molar-refractivity contribution in [1.29, 1.82) is 0 Å². The van der Waals surface area contributed by atoms with Gasteiger partial charge >= 0.3 is 0 Å². The van der Waals surface area contributed by atoms with Crippen LogP contribution >= 0.6 is 11.3 Å². The van der Waals surface area contributed by atoms with Gasteiger partial charge in [0, 0.05) is 11.1 Å². The number of rotatable bonds is 7. The van der Waals surface area contributed by atoms with Gasteiger partial charge < -0.3 is 5.73 Å². The fourth-order valence-electron chi connectivity index (χ4n) is 1.52. The van der Waals surface area contributed by atoms with E-state index in [1.54, 1.807) is 11.3 Å². The first-order chi connectivity index (χ1) is 6.83. The zero-order valence-electron chi connectivity index (χ0n) is 8.96. The Morgan fingerprint density at radius 2 is 1.93 bits per heavy atom. The van der Waals surface area contributed by atoms with Crippen LogP contribution in [0.4, 0.5) is 5.13 Å². The van der Waals surface area contributed by atoms with Gasteiger partial charge in [0.25, 0.3) is 0 Å². The van der Waals surface area contributed by atoms with Crippen LogP contribution in [-0.2, 0) is 6.42 Å². The molecule has 80 valence electrons. The number of unbranched alkanes of at least 4 members (excludes halogenated alkanes) is 5. The van der Waals surface area contributed by atoms with Gasteiger partial charge in [0.15, 0.2) is 5.13 Å². The fraction of sp³-hybridized carbons (Fsp3) is 0.727. The zero-order valence-corrected chi connectivity index (χ0v) is 9.78. The average Bonchev–Trinajstić information content (AvgIpc) is 2.58. The summed E-state index contributed by atoms with van der Waals surface area (Å²) in [5.41, 5.74) is 5.56. The molecule has 3 heteroatoms. The first kappa shape index (κ1) is 11.5. The molecule has 0 fully saturated rings. The standard InChI is InChI=1S/C11H20N2S/c1-2-3-4-5-6-7-8-10-9-13-11(12)14-10/h9H,2-8H2,1H3,(H2,12,13). The van der Waals surface area contributed by atoms with Crippen molar-refractivity contribution >= 4 is 16.5 Å². The summed E-state index contributed by atoms with van der Waals surface area (Å²) in [6.07, 6.45) is 11.2. The highest BCUT2D eigenvalue weighted by molar-refractivity contribution is 7.15. The van der Waals surface area contributed by atoms with E-state index in [1.165, 1.54) is 43.4 Å². The van der Waals surface area contributed by atoms with Crippen molar-refractivity contribution in [1.82, 2.24) is 4.98 Å². The van der Waals surface area contributed by atoms with E-state index >= 15 is 0 Å². The predicted molar refractivity (Wildman–Crippen MR) is 63.6 cm³/mol. The molecule has 0 amide bonds. The minimum Gasteiger partial charge on any atom is -0.375 e. The maximum absolute atomic E-state index is 5.56. The molecule has 14 heavy (non-hydrogen) atoms. The van der Waals surface area contributed by atoms with Gasteiger partial charge in [-0.05, 0) is 12.8 Å². The highest BCUT2D eigenvalue weighted by atomic mass is 32.1. The number of thiazole rings is 1. The molecule has 0 saturated heterocycles. The largest absolute Gasteiger partial charge is 0.375 e. The molecule has 0 aliphatic carbocycles. The Hall–Kier alpha value is -0.570. The number of aromatic nitrogens is 1.